The second-order valence-corrected chi connectivity index (χ2v) is 12.7. The Morgan fingerprint density at radius 3 is 2.55 bits per heavy atom. The van der Waals surface area contributed by atoms with Crippen molar-refractivity contribution < 1.29 is 10.2 Å². The Hall–Kier alpha value is -0.340. The zero-order valence-corrected chi connectivity index (χ0v) is 19.7. The molecular weight excluding hydrogens is 356 g/mol. The molecule has 0 saturated heterocycles. The van der Waals surface area contributed by atoms with Crippen LogP contribution in [-0.4, -0.2) is 21.4 Å². The Morgan fingerprint density at radius 2 is 1.83 bits per heavy atom. The first-order chi connectivity index (χ1) is 13.5. The molecule has 0 aliphatic heterocycles. The smallest absolute Gasteiger partial charge is 0.0657 e. The number of rotatable bonds is 4. The van der Waals surface area contributed by atoms with E-state index in [9.17, 15) is 10.2 Å². The standard InChI is InChI=1S/C27H46O2/c1-18(11-14-25(2,3)28)23-9-10-24-22-8-6-7-19-17-26(4,29)15-12-20(19)21(22)13-16-27(23,24)5/h7,18,20-24,28-29H,6,8-17H2,1-5H3/t18-,20+,21-,22+,23-,24+,26+,27-/m1/s1. The van der Waals surface area contributed by atoms with Gasteiger partial charge in [-0.25, -0.2) is 0 Å². The molecule has 4 aliphatic carbocycles. The number of allylic oxidation sites excluding steroid dienone is 1. The zero-order chi connectivity index (χ0) is 21.0. The molecular formula is C27H46O2. The van der Waals surface area contributed by atoms with Gasteiger partial charge < -0.3 is 10.2 Å². The minimum absolute atomic E-state index is 0.472. The van der Waals surface area contributed by atoms with Crippen molar-refractivity contribution in [1.29, 1.82) is 0 Å². The molecule has 3 fully saturated rings. The molecule has 0 heterocycles. The molecule has 166 valence electrons. The summed E-state index contributed by atoms with van der Waals surface area (Å²) in [5.74, 6) is 4.95. The highest BCUT2D eigenvalue weighted by atomic mass is 16.3. The van der Waals surface area contributed by atoms with Crippen molar-refractivity contribution in [2.75, 3.05) is 0 Å². The molecule has 4 aliphatic rings. The molecule has 3 saturated carbocycles. The van der Waals surface area contributed by atoms with Gasteiger partial charge in [-0.3, -0.25) is 0 Å². The fourth-order valence-electron chi connectivity index (χ4n) is 8.47. The van der Waals surface area contributed by atoms with Gasteiger partial charge in [-0.1, -0.05) is 25.5 Å². The Kier molecular flexibility index (Phi) is 5.78. The SMILES string of the molecule is C[C@H](CCC(C)(C)O)[C@H]1CC[C@H]2[C@H]3CCC=C4C[C@@](C)(O)CC[C@@H]4[C@H]3CC[C@]12C. The minimum atomic E-state index is -0.531. The van der Waals surface area contributed by atoms with Gasteiger partial charge in [0.25, 0.3) is 0 Å². The molecule has 29 heavy (non-hydrogen) atoms. The Labute approximate surface area is 179 Å². The first-order valence-corrected chi connectivity index (χ1v) is 12.6. The van der Waals surface area contributed by atoms with E-state index in [1.807, 2.05) is 20.8 Å². The van der Waals surface area contributed by atoms with Crippen LogP contribution >= 0.6 is 0 Å². The van der Waals surface area contributed by atoms with Crippen LogP contribution < -0.4 is 0 Å². The van der Waals surface area contributed by atoms with Crippen LogP contribution in [0.5, 0.6) is 0 Å². The molecule has 0 radical (unpaired) electrons. The largest absolute Gasteiger partial charge is 0.390 e. The van der Waals surface area contributed by atoms with E-state index in [1.54, 1.807) is 5.57 Å². The van der Waals surface area contributed by atoms with Crippen LogP contribution in [0, 0.1) is 40.9 Å². The third-order valence-corrected chi connectivity index (χ3v) is 9.94. The molecule has 0 aromatic heterocycles. The summed E-state index contributed by atoms with van der Waals surface area (Å²) in [5, 5.41) is 20.9. The van der Waals surface area contributed by atoms with Crippen molar-refractivity contribution in [3.63, 3.8) is 0 Å². The van der Waals surface area contributed by atoms with E-state index in [0.29, 0.717) is 5.41 Å². The fraction of sp³-hybridized carbons (Fsp3) is 0.926. The summed E-state index contributed by atoms with van der Waals surface area (Å²) in [6.07, 6.45) is 15.9. The summed E-state index contributed by atoms with van der Waals surface area (Å²) in [6, 6.07) is 0. The van der Waals surface area contributed by atoms with Gasteiger partial charge in [0.05, 0.1) is 11.2 Å². The Morgan fingerprint density at radius 1 is 1.07 bits per heavy atom. The van der Waals surface area contributed by atoms with Crippen molar-refractivity contribution >= 4 is 0 Å². The molecule has 0 bridgehead atoms. The first kappa shape index (κ1) is 21.9. The van der Waals surface area contributed by atoms with Gasteiger partial charge in [0.15, 0.2) is 0 Å². The molecule has 4 rings (SSSR count). The summed E-state index contributed by atoms with van der Waals surface area (Å²) in [7, 11) is 0. The predicted molar refractivity (Wildman–Crippen MR) is 121 cm³/mol. The number of aliphatic hydroxyl groups is 2. The van der Waals surface area contributed by atoms with Crippen molar-refractivity contribution in [1.82, 2.24) is 0 Å². The van der Waals surface area contributed by atoms with E-state index in [4.69, 9.17) is 0 Å². The molecule has 0 spiro atoms. The summed E-state index contributed by atoms with van der Waals surface area (Å²) >= 11 is 0. The topological polar surface area (TPSA) is 40.5 Å². The Bertz CT molecular complexity index is 627. The molecule has 2 N–H and O–H groups in total. The second kappa shape index (κ2) is 7.66. The zero-order valence-electron chi connectivity index (χ0n) is 19.7. The summed E-state index contributed by atoms with van der Waals surface area (Å²) in [5.41, 5.74) is 1.10. The van der Waals surface area contributed by atoms with E-state index < -0.39 is 11.2 Å². The van der Waals surface area contributed by atoms with E-state index in [1.165, 1.54) is 44.9 Å². The van der Waals surface area contributed by atoms with Crippen LogP contribution in [0.15, 0.2) is 11.6 Å². The monoisotopic (exact) mass is 402 g/mol. The lowest BCUT2D eigenvalue weighted by Crippen LogP contribution is -2.46. The highest BCUT2D eigenvalue weighted by Crippen LogP contribution is 2.64. The van der Waals surface area contributed by atoms with Gasteiger partial charge in [-0.15, -0.1) is 0 Å². The van der Waals surface area contributed by atoms with Gasteiger partial charge in [0, 0.05) is 0 Å². The fourth-order valence-corrected chi connectivity index (χ4v) is 8.47. The van der Waals surface area contributed by atoms with Crippen LogP contribution in [0.25, 0.3) is 0 Å². The summed E-state index contributed by atoms with van der Waals surface area (Å²) in [6.45, 7) is 11.1. The van der Waals surface area contributed by atoms with Crippen molar-refractivity contribution in [2.24, 2.45) is 40.9 Å². The van der Waals surface area contributed by atoms with E-state index in [2.05, 4.69) is 19.9 Å². The number of hydrogen-bond donors (Lipinski definition) is 2. The van der Waals surface area contributed by atoms with Crippen LogP contribution in [0.2, 0.25) is 0 Å². The van der Waals surface area contributed by atoms with Gasteiger partial charge in [-0.2, -0.15) is 0 Å². The molecule has 8 atom stereocenters. The van der Waals surface area contributed by atoms with E-state index >= 15 is 0 Å². The lowest BCUT2D eigenvalue weighted by Gasteiger charge is -2.52. The van der Waals surface area contributed by atoms with Gasteiger partial charge in [0.1, 0.15) is 0 Å². The average Bonchev–Trinajstić information content (AvgIpc) is 2.86. The third kappa shape index (κ3) is 4.22. The van der Waals surface area contributed by atoms with Crippen molar-refractivity contribution in [3.8, 4) is 0 Å². The highest BCUT2D eigenvalue weighted by molar-refractivity contribution is 5.19. The molecule has 2 nitrogen and oxygen atoms in total. The highest BCUT2D eigenvalue weighted by Gasteiger charge is 2.56. The summed E-state index contributed by atoms with van der Waals surface area (Å²) < 4.78 is 0. The van der Waals surface area contributed by atoms with Gasteiger partial charge >= 0.3 is 0 Å². The molecule has 0 unspecified atom stereocenters. The van der Waals surface area contributed by atoms with E-state index in [0.717, 1.165) is 61.2 Å². The van der Waals surface area contributed by atoms with Crippen LogP contribution in [0.1, 0.15) is 105 Å². The van der Waals surface area contributed by atoms with Gasteiger partial charge in [-0.05, 0) is 132 Å². The number of hydrogen-bond acceptors (Lipinski definition) is 2. The van der Waals surface area contributed by atoms with Gasteiger partial charge in [0.2, 0.25) is 0 Å². The lowest BCUT2D eigenvalue weighted by atomic mass is 9.52. The first-order valence-electron chi connectivity index (χ1n) is 12.6. The maximum atomic E-state index is 10.6. The van der Waals surface area contributed by atoms with Crippen LogP contribution in [-0.2, 0) is 0 Å². The normalized spacial score (nSPS) is 46.2. The summed E-state index contributed by atoms with van der Waals surface area (Å²) in [4.78, 5) is 0. The average molecular weight is 403 g/mol. The van der Waals surface area contributed by atoms with Crippen molar-refractivity contribution in [2.45, 2.75) is 116 Å². The molecule has 2 heteroatoms. The quantitative estimate of drug-likeness (QED) is 0.527. The molecule has 0 amide bonds. The predicted octanol–water partition coefficient (Wildman–Crippen LogP) is 6.50. The van der Waals surface area contributed by atoms with Crippen LogP contribution in [0.3, 0.4) is 0 Å². The second-order valence-electron chi connectivity index (χ2n) is 12.7. The van der Waals surface area contributed by atoms with E-state index in [-0.39, 0.29) is 0 Å². The maximum Gasteiger partial charge on any atom is 0.0657 e. The van der Waals surface area contributed by atoms with Crippen LogP contribution in [0.4, 0.5) is 0 Å². The Balaban J connectivity index is 1.49. The third-order valence-electron chi connectivity index (χ3n) is 9.94. The van der Waals surface area contributed by atoms with Crippen molar-refractivity contribution in [3.05, 3.63) is 11.6 Å². The molecule has 0 aromatic rings. The maximum absolute atomic E-state index is 10.6. The minimum Gasteiger partial charge on any atom is -0.390 e. The number of fused-ring (bicyclic) bond motifs is 5. The lowest BCUT2D eigenvalue weighted by molar-refractivity contribution is -0.0367. The molecule has 0 aromatic carbocycles.